The number of aryl methyl sites for hydroxylation is 1. The average molecular weight is 336 g/mol. The van der Waals surface area contributed by atoms with Crippen molar-refractivity contribution in [1.82, 2.24) is 0 Å². The maximum absolute atomic E-state index is 9.25. The number of rotatable bonds is 13. The Kier molecular flexibility index (Phi) is 10.2. The molecule has 0 radical (unpaired) electrons. The van der Waals surface area contributed by atoms with Gasteiger partial charge in [0, 0.05) is 0 Å². The van der Waals surface area contributed by atoms with Gasteiger partial charge < -0.3 is 15.9 Å². The molecule has 1 aromatic carbocycles. The first-order valence-electron chi connectivity index (χ1n) is 9.64. The summed E-state index contributed by atoms with van der Waals surface area (Å²) in [4.78, 5) is 0. The third-order valence-corrected chi connectivity index (χ3v) is 5.08. The Morgan fingerprint density at radius 3 is 2.12 bits per heavy atom. The van der Waals surface area contributed by atoms with Crippen molar-refractivity contribution < 1.29 is 10.2 Å². The van der Waals surface area contributed by atoms with Gasteiger partial charge in [-0.1, -0.05) is 76.6 Å². The van der Waals surface area contributed by atoms with Gasteiger partial charge in [-0.2, -0.15) is 0 Å². The molecule has 4 N–H and O–H groups in total. The smallest absolute Gasteiger partial charge is 0.0633 e. The highest BCUT2D eigenvalue weighted by Crippen LogP contribution is 2.23. The molecule has 0 aromatic heterocycles. The van der Waals surface area contributed by atoms with E-state index in [-0.39, 0.29) is 13.2 Å². The Balaban J connectivity index is 2.35. The number of aliphatic hydroxyl groups excluding tert-OH is 2. The summed E-state index contributed by atoms with van der Waals surface area (Å²) in [5, 5.41) is 18.5. The standard InChI is InChI=1S/C21H37NO2/c1-3-4-5-6-7-8-9-18(2)20-12-10-19(11-13-20)14-15-21(22,16-23)17-24/h10-13,18,23-24H,3-9,14-17,22H2,1-2H3. The molecule has 0 amide bonds. The minimum absolute atomic E-state index is 0.184. The number of hydrogen-bond acceptors (Lipinski definition) is 3. The summed E-state index contributed by atoms with van der Waals surface area (Å²) in [6.45, 7) is 4.20. The SMILES string of the molecule is CCCCCCCCC(C)c1ccc(CCC(N)(CO)CO)cc1. The van der Waals surface area contributed by atoms with E-state index in [4.69, 9.17) is 5.73 Å². The summed E-state index contributed by atoms with van der Waals surface area (Å²) in [7, 11) is 0. The van der Waals surface area contributed by atoms with Gasteiger partial charge in [-0.25, -0.2) is 0 Å². The molecule has 0 fully saturated rings. The predicted molar refractivity (Wildman–Crippen MR) is 102 cm³/mol. The van der Waals surface area contributed by atoms with E-state index in [0.29, 0.717) is 12.3 Å². The minimum atomic E-state index is -0.871. The summed E-state index contributed by atoms with van der Waals surface area (Å²) in [6.07, 6.45) is 10.7. The molecular formula is C21H37NO2. The molecule has 0 heterocycles. The Morgan fingerprint density at radius 1 is 0.958 bits per heavy atom. The highest BCUT2D eigenvalue weighted by molar-refractivity contribution is 5.25. The minimum Gasteiger partial charge on any atom is -0.394 e. The maximum Gasteiger partial charge on any atom is 0.0633 e. The lowest BCUT2D eigenvalue weighted by molar-refractivity contribution is 0.115. The van der Waals surface area contributed by atoms with Gasteiger partial charge in [0.1, 0.15) is 0 Å². The lowest BCUT2D eigenvalue weighted by Gasteiger charge is -2.24. The first-order chi connectivity index (χ1) is 11.5. The molecule has 1 unspecified atom stereocenters. The lowest BCUT2D eigenvalue weighted by Crippen LogP contribution is -2.47. The molecule has 3 heteroatoms. The second-order valence-corrected chi connectivity index (χ2v) is 7.38. The molecule has 1 rings (SSSR count). The largest absolute Gasteiger partial charge is 0.394 e. The van der Waals surface area contributed by atoms with Crippen LogP contribution in [0.15, 0.2) is 24.3 Å². The van der Waals surface area contributed by atoms with Gasteiger partial charge in [-0.15, -0.1) is 0 Å². The van der Waals surface area contributed by atoms with E-state index in [1.807, 2.05) is 0 Å². The van der Waals surface area contributed by atoms with Crippen LogP contribution in [0.5, 0.6) is 0 Å². The molecule has 0 aliphatic carbocycles. The van der Waals surface area contributed by atoms with Crippen molar-refractivity contribution in [3.8, 4) is 0 Å². The fourth-order valence-electron chi connectivity index (χ4n) is 3.01. The second kappa shape index (κ2) is 11.6. The van der Waals surface area contributed by atoms with Crippen LogP contribution in [0.25, 0.3) is 0 Å². The first-order valence-corrected chi connectivity index (χ1v) is 9.64. The van der Waals surface area contributed by atoms with Crippen LogP contribution < -0.4 is 5.73 Å². The number of unbranched alkanes of at least 4 members (excludes halogenated alkanes) is 5. The Bertz CT molecular complexity index is 426. The number of hydrogen-bond donors (Lipinski definition) is 3. The van der Waals surface area contributed by atoms with Crippen LogP contribution in [0, 0.1) is 0 Å². The molecule has 138 valence electrons. The molecule has 0 spiro atoms. The third kappa shape index (κ3) is 7.78. The van der Waals surface area contributed by atoms with Gasteiger partial charge in [0.15, 0.2) is 0 Å². The van der Waals surface area contributed by atoms with E-state index >= 15 is 0 Å². The van der Waals surface area contributed by atoms with Crippen LogP contribution in [0.1, 0.15) is 82.3 Å². The topological polar surface area (TPSA) is 66.5 Å². The van der Waals surface area contributed by atoms with E-state index in [9.17, 15) is 10.2 Å². The first kappa shape index (κ1) is 21.1. The molecule has 0 bridgehead atoms. The van der Waals surface area contributed by atoms with Crippen molar-refractivity contribution in [3.05, 3.63) is 35.4 Å². The third-order valence-electron chi connectivity index (χ3n) is 5.08. The number of nitrogens with two attached hydrogens (primary N) is 1. The normalized spacial score (nSPS) is 13.2. The van der Waals surface area contributed by atoms with Crippen LogP contribution in [0.4, 0.5) is 0 Å². The molecule has 1 atom stereocenters. The fraction of sp³-hybridized carbons (Fsp3) is 0.714. The van der Waals surface area contributed by atoms with Gasteiger partial charge in [-0.05, 0) is 36.3 Å². The van der Waals surface area contributed by atoms with Gasteiger partial charge in [0.2, 0.25) is 0 Å². The fourth-order valence-corrected chi connectivity index (χ4v) is 3.01. The Labute approximate surface area is 148 Å². The highest BCUT2D eigenvalue weighted by atomic mass is 16.3. The van der Waals surface area contributed by atoms with E-state index in [0.717, 1.165) is 6.42 Å². The van der Waals surface area contributed by atoms with E-state index < -0.39 is 5.54 Å². The van der Waals surface area contributed by atoms with Crippen LogP contribution in [-0.4, -0.2) is 29.0 Å². The highest BCUT2D eigenvalue weighted by Gasteiger charge is 2.22. The van der Waals surface area contributed by atoms with Gasteiger partial charge in [-0.3, -0.25) is 0 Å². The summed E-state index contributed by atoms with van der Waals surface area (Å²) in [5.41, 5.74) is 7.66. The van der Waals surface area contributed by atoms with E-state index in [2.05, 4.69) is 38.1 Å². The zero-order valence-corrected chi connectivity index (χ0v) is 15.6. The predicted octanol–water partition coefficient (Wildman–Crippen LogP) is 4.16. The summed E-state index contributed by atoms with van der Waals surface area (Å²) in [6, 6.07) is 8.74. The zero-order chi connectivity index (χ0) is 17.8. The number of benzene rings is 1. The van der Waals surface area contributed by atoms with Crippen molar-refractivity contribution in [1.29, 1.82) is 0 Å². The van der Waals surface area contributed by atoms with Crippen LogP contribution in [0.3, 0.4) is 0 Å². The van der Waals surface area contributed by atoms with Crippen LogP contribution in [-0.2, 0) is 6.42 Å². The quantitative estimate of drug-likeness (QED) is 0.474. The molecule has 0 saturated carbocycles. The van der Waals surface area contributed by atoms with Crippen molar-refractivity contribution >= 4 is 0 Å². The Morgan fingerprint density at radius 2 is 1.54 bits per heavy atom. The monoisotopic (exact) mass is 335 g/mol. The average Bonchev–Trinajstić information content (AvgIpc) is 2.63. The van der Waals surface area contributed by atoms with Crippen LogP contribution >= 0.6 is 0 Å². The Hall–Kier alpha value is -0.900. The molecule has 1 aromatic rings. The molecule has 0 saturated heterocycles. The van der Waals surface area contributed by atoms with Crippen molar-refractivity contribution in [2.24, 2.45) is 5.73 Å². The van der Waals surface area contributed by atoms with Crippen molar-refractivity contribution in [2.45, 2.75) is 83.1 Å². The van der Waals surface area contributed by atoms with E-state index in [1.165, 1.54) is 56.1 Å². The summed E-state index contributed by atoms with van der Waals surface area (Å²) >= 11 is 0. The zero-order valence-electron chi connectivity index (χ0n) is 15.6. The van der Waals surface area contributed by atoms with Gasteiger partial charge >= 0.3 is 0 Å². The second-order valence-electron chi connectivity index (χ2n) is 7.38. The van der Waals surface area contributed by atoms with Gasteiger partial charge in [0.25, 0.3) is 0 Å². The van der Waals surface area contributed by atoms with Crippen LogP contribution in [0.2, 0.25) is 0 Å². The molecule has 3 nitrogen and oxygen atoms in total. The molecule has 24 heavy (non-hydrogen) atoms. The number of aliphatic hydroxyl groups is 2. The maximum atomic E-state index is 9.25. The summed E-state index contributed by atoms with van der Waals surface area (Å²) in [5.74, 6) is 0.605. The van der Waals surface area contributed by atoms with E-state index in [1.54, 1.807) is 0 Å². The molecule has 0 aliphatic heterocycles. The van der Waals surface area contributed by atoms with Crippen molar-refractivity contribution in [3.63, 3.8) is 0 Å². The molecular weight excluding hydrogens is 298 g/mol. The molecule has 0 aliphatic rings. The van der Waals surface area contributed by atoms with Crippen molar-refractivity contribution in [2.75, 3.05) is 13.2 Å². The van der Waals surface area contributed by atoms with Gasteiger partial charge in [0.05, 0.1) is 18.8 Å². The lowest BCUT2D eigenvalue weighted by atomic mass is 9.91. The summed E-state index contributed by atoms with van der Waals surface area (Å²) < 4.78 is 0.